The molecule has 0 fully saturated rings. The van der Waals surface area contributed by atoms with Crippen molar-refractivity contribution in [3.05, 3.63) is 90.0 Å². The van der Waals surface area contributed by atoms with Crippen LogP contribution in [0.15, 0.2) is 89.2 Å². The molecule has 0 aliphatic heterocycles. The van der Waals surface area contributed by atoms with E-state index in [2.05, 4.69) is 21.9 Å². The van der Waals surface area contributed by atoms with Crippen molar-refractivity contribution in [2.24, 2.45) is 10.3 Å². The van der Waals surface area contributed by atoms with Gasteiger partial charge >= 0.3 is 0 Å². The molecule has 0 unspecified atom stereocenters. The molecule has 0 saturated carbocycles. The Morgan fingerprint density at radius 3 is 2.12 bits per heavy atom. The van der Waals surface area contributed by atoms with Crippen LogP contribution < -0.4 is 10.5 Å². The number of nitrogens with zero attached hydrogens (tertiary/aromatic N) is 5. The van der Waals surface area contributed by atoms with Gasteiger partial charge in [0, 0.05) is 0 Å². The van der Waals surface area contributed by atoms with Gasteiger partial charge in [0.1, 0.15) is 12.1 Å². The van der Waals surface area contributed by atoms with Gasteiger partial charge in [-0.1, -0.05) is 47.7 Å². The Kier molecular flexibility index (Phi) is 5.19. The van der Waals surface area contributed by atoms with Crippen LogP contribution in [-0.4, -0.2) is 0 Å². The Hall–Kier alpha value is -4.16. The lowest BCUT2D eigenvalue weighted by molar-refractivity contribution is 0.711. The largest absolute Gasteiger partial charge is 0.238 e. The van der Waals surface area contributed by atoms with Crippen LogP contribution in [-0.2, 0) is 0 Å². The lowest BCUT2D eigenvalue weighted by Crippen LogP contribution is -2.29. The molecule has 3 aromatic carbocycles. The van der Waals surface area contributed by atoms with Gasteiger partial charge in [0.05, 0.1) is 28.2 Å². The summed E-state index contributed by atoms with van der Waals surface area (Å²) >= 11 is 0. The number of nitrogens with one attached hydrogen (secondary N) is 1. The highest BCUT2D eigenvalue weighted by Crippen LogP contribution is 2.28. The van der Waals surface area contributed by atoms with Crippen molar-refractivity contribution in [2.45, 2.75) is 0 Å². The summed E-state index contributed by atoms with van der Waals surface area (Å²) in [7, 11) is 0. The van der Waals surface area contributed by atoms with Crippen LogP contribution in [0.3, 0.4) is 0 Å². The van der Waals surface area contributed by atoms with Gasteiger partial charge in [0.2, 0.25) is 0 Å². The van der Waals surface area contributed by atoms with Crippen LogP contribution >= 0.6 is 0 Å². The second kappa shape index (κ2) is 8.09. The van der Waals surface area contributed by atoms with Crippen LogP contribution in [0.25, 0.3) is 0 Å². The first-order valence-corrected chi connectivity index (χ1v) is 7.83. The number of hydrogen-bond acceptors (Lipinski definition) is 5. The molecule has 6 nitrogen and oxygen atoms in total. The highest BCUT2D eigenvalue weighted by molar-refractivity contribution is 5.71. The summed E-state index contributed by atoms with van der Waals surface area (Å²) in [5.74, 6) is 0. The van der Waals surface area contributed by atoms with Crippen LogP contribution in [0.5, 0.6) is 0 Å². The van der Waals surface area contributed by atoms with Crippen molar-refractivity contribution in [3.8, 4) is 12.1 Å². The lowest BCUT2D eigenvalue weighted by atomic mass is 10.1. The maximum atomic E-state index is 9.52. The lowest BCUT2D eigenvalue weighted by Gasteiger charge is -2.24. The number of anilines is 2. The Balaban J connectivity index is 1.99. The molecule has 3 rings (SSSR count). The van der Waals surface area contributed by atoms with Gasteiger partial charge < -0.3 is 0 Å². The first kappa shape index (κ1) is 16.7. The highest BCUT2D eigenvalue weighted by Gasteiger charge is 2.16. The molecule has 0 aromatic heterocycles. The fourth-order valence-corrected chi connectivity index (χ4v) is 2.38. The van der Waals surface area contributed by atoms with E-state index in [1.165, 1.54) is 0 Å². The first-order valence-electron chi connectivity index (χ1n) is 7.83. The van der Waals surface area contributed by atoms with Crippen LogP contribution in [0, 0.1) is 22.7 Å². The number of hydrogen-bond donors (Lipinski definition) is 1. The van der Waals surface area contributed by atoms with E-state index in [4.69, 9.17) is 0 Å². The molecule has 0 radical (unpaired) electrons. The van der Waals surface area contributed by atoms with E-state index in [0.29, 0.717) is 16.9 Å². The molecule has 0 heterocycles. The third-order valence-electron chi connectivity index (χ3n) is 3.60. The summed E-state index contributed by atoms with van der Waals surface area (Å²) in [5.41, 5.74) is 5.39. The molecular weight excluding hydrogens is 324 g/mol. The van der Waals surface area contributed by atoms with Gasteiger partial charge in [-0.3, -0.25) is 0 Å². The van der Waals surface area contributed by atoms with Gasteiger partial charge in [-0.15, -0.1) is 5.11 Å². The minimum Gasteiger partial charge on any atom is -0.238 e. The number of nitriles is 2. The summed E-state index contributed by atoms with van der Waals surface area (Å²) < 4.78 is 0. The Bertz CT molecular complexity index is 984. The first-order chi connectivity index (χ1) is 12.8. The Labute approximate surface area is 151 Å². The second-order valence-electron chi connectivity index (χ2n) is 5.23. The van der Waals surface area contributed by atoms with Crippen LogP contribution in [0.1, 0.15) is 11.1 Å². The number of hydrazine groups is 1. The van der Waals surface area contributed by atoms with Crippen molar-refractivity contribution in [3.63, 3.8) is 0 Å². The topological polar surface area (TPSA) is 87.6 Å². The molecular formula is C20H14N6. The molecule has 0 aliphatic rings. The van der Waals surface area contributed by atoms with Gasteiger partial charge in [-0.25, -0.2) is 5.01 Å². The molecule has 0 aliphatic carbocycles. The van der Waals surface area contributed by atoms with Crippen LogP contribution in [0.2, 0.25) is 0 Å². The predicted octanol–water partition coefficient (Wildman–Crippen LogP) is 4.77. The smallest absolute Gasteiger partial charge is 0.103 e. The maximum Gasteiger partial charge on any atom is 0.103 e. The SMILES string of the molecule is N#Cc1cccc(N(NN=Nc2ccccc2)c2ccccc2)c1C#N. The molecule has 0 amide bonds. The van der Waals surface area contributed by atoms with E-state index in [9.17, 15) is 10.5 Å². The number of benzene rings is 3. The third kappa shape index (κ3) is 3.66. The molecule has 0 bridgehead atoms. The third-order valence-corrected chi connectivity index (χ3v) is 3.60. The molecule has 0 atom stereocenters. The monoisotopic (exact) mass is 338 g/mol. The summed E-state index contributed by atoms with van der Waals surface area (Å²) in [6.07, 6.45) is 0. The van der Waals surface area contributed by atoms with Crippen molar-refractivity contribution < 1.29 is 0 Å². The quantitative estimate of drug-likeness (QED) is 0.536. The number of para-hydroxylation sites is 1. The van der Waals surface area contributed by atoms with Crippen molar-refractivity contribution in [1.82, 2.24) is 5.53 Å². The highest BCUT2D eigenvalue weighted by atomic mass is 15.7. The molecule has 1 N–H and O–H groups in total. The molecule has 6 heteroatoms. The minimum absolute atomic E-state index is 0.265. The van der Waals surface area contributed by atoms with E-state index >= 15 is 0 Å². The normalized spacial score (nSPS) is 10.1. The minimum atomic E-state index is 0.265. The second-order valence-corrected chi connectivity index (χ2v) is 5.23. The van der Waals surface area contributed by atoms with Crippen molar-refractivity contribution in [2.75, 3.05) is 5.01 Å². The molecule has 124 valence electrons. The molecule has 3 aromatic rings. The predicted molar refractivity (Wildman–Crippen MR) is 98.5 cm³/mol. The molecule has 0 spiro atoms. The van der Waals surface area contributed by atoms with E-state index in [1.54, 1.807) is 23.2 Å². The van der Waals surface area contributed by atoms with Gasteiger partial charge in [0.15, 0.2) is 0 Å². The fraction of sp³-hybridized carbons (Fsp3) is 0. The van der Waals surface area contributed by atoms with E-state index in [0.717, 1.165) is 5.69 Å². The van der Waals surface area contributed by atoms with E-state index in [-0.39, 0.29) is 5.56 Å². The average molecular weight is 338 g/mol. The zero-order valence-electron chi connectivity index (χ0n) is 13.7. The summed E-state index contributed by atoms with van der Waals surface area (Å²) in [6.45, 7) is 0. The van der Waals surface area contributed by atoms with E-state index in [1.807, 2.05) is 66.7 Å². The van der Waals surface area contributed by atoms with Gasteiger partial charge in [0.25, 0.3) is 0 Å². The summed E-state index contributed by atoms with van der Waals surface area (Å²) in [5, 5.41) is 28.6. The van der Waals surface area contributed by atoms with Crippen molar-refractivity contribution >= 4 is 17.1 Å². The maximum absolute atomic E-state index is 9.52. The Morgan fingerprint density at radius 2 is 1.46 bits per heavy atom. The zero-order chi connectivity index (χ0) is 18.2. The van der Waals surface area contributed by atoms with E-state index < -0.39 is 0 Å². The molecule has 0 saturated heterocycles. The Morgan fingerprint density at radius 1 is 0.769 bits per heavy atom. The summed E-state index contributed by atoms with van der Waals surface area (Å²) in [6, 6.07) is 27.9. The van der Waals surface area contributed by atoms with Crippen molar-refractivity contribution in [1.29, 1.82) is 10.5 Å². The standard InChI is InChI=1S/C20H14N6/c21-14-16-8-7-13-20(19(16)15-22)26(18-11-5-2-6-12-18)25-24-23-17-9-3-1-4-10-17/h1-13H,(H,23,25). The van der Waals surface area contributed by atoms with Gasteiger partial charge in [-0.2, -0.15) is 16.1 Å². The van der Waals surface area contributed by atoms with Gasteiger partial charge in [-0.05, 0) is 36.4 Å². The zero-order valence-corrected chi connectivity index (χ0v) is 13.7. The number of rotatable bonds is 5. The molecule has 26 heavy (non-hydrogen) atoms. The van der Waals surface area contributed by atoms with Crippen LogP contribution in [0.4, 0.5) is 17.1 Å². The average Bonchev–Trinajstić information content (AvgIpc) is 2.72. The fourth-order valence-electron chi connectivity index (χ4n) is 2.38. The summed E-state index contributed by atoms with van der Waals surface area (Å²) in [4.78, 5) is 0.